The van der Waals surface area contributed by atoms with Crippen molar-refractivity contribution >= 4 is 17.6 Å². The summed E-state index contributed by atoms with van der Waals surface area (Å²) in [7, 11) is 0. The zero-order valence-corrected chi connectivity index (χ0v) is 16.7. The van der Waals surface area contributed by atoms with E-state index in [1.807, 2.05) is 34.9 Å². The highest BCUT2D eigenvalue weighted by molar-refractivity contribution is 6.30. The third-order valence-electron chi connectivity index (χ3n) is 4.23. The number of nitrogens with zero attached hydrogens (tertiary/aromatic N) is 4. The van der Waals surface area contributed by atoms with Crippen LogP contribution >= 0.6 is 11.6 Å². The van der Waals surface area contributed by atoms with E-state index in [2.05, 4.69) is 38.8 Å². The summed E-state index contributed by atoms with van der Waals surface area (Å²) in [5, 5.41) is 15.6. The fraction of sp³-hybridized carbons (Fsp3) is 0.350. The molecule has 3 rings (SSSR count). The average Bonchev–Trinajstić information content (AvgIpc) is 3.37. The van der Waals surface area contributed by atoms with E-state index in [0.29, 0.717) is 13.1 Å². The standard InChI is InChI=1S/C20H25ClN6O/c1-2-19-26-25-15-27(19)11-10-23-20(24-14-18-7-4-12-28-18)22-9-8-16-5-3-6-17(21)13-16/h3-7,12-13,15H,2,8-11,14H2,1H3,(H2,22,23,24). The van der Waals surface area contributed by atoms with Gasteiger partial charge in [-0.3, -0.25) is 0 Å². The maximum absolute atomic E-state index is 6.06. The molecule has 0 aliphatic carbocycles. The lowest BCUT2D eigenvalue weighted by Crippen LogP contribution is -2.40. The van der Waals surface area contributed by atoms with Crippen LogP contribution in [0.15, 0.2) is 58.4 Å². The molecule has 0 bridgehead atoms. The number of aliphatic imine (C=N–C) groups is 1. The molecule has 0 aliphatic heterocycles. The second-order valence-corrected chi connectivity index (χ2v) is 6.71. The van der Waals surface area contributed by atoms with Crippen LogP contribution in [0.1, 0.15) is 24.1 Å². The second kappa shape index (κ2) is 10.5. The highest BCUT2D eigenvalue weighted by atomic mass is 35.5. The lowest BCUT2D eigenvalue weighted by Gasteiger charge is -2.13. The molecule has 0 atom stereocenters. The molecule has 2 N–H and O–H groups in total. The summed E-state index contributed by atoms with van der Waals surface area (Å²) in [4.78, 5) is 4.61. The van der Waals surface area contributed by atoms with E-state index in [1.165, 1.54) is 5.56 Å². The van der Waals surface area contributed by atoms with Crippen LogP contribution in [-0.2, 0) is 25.9 Å². The molecule has 8 heteroatoms. The van der Waals surface area contributed by atoms with Crippen LogP contribution in [0.4, 0.5) is 0 Å². The van der Waals surface area contributed by atoms with E-state index >= 15 is 0 Å². The largest absolute Gasteiger partial charge is 0.467 e. The molecule has 0 aliphatic rings. The Kier molecular flexibility index (Phi) is 7.49. The van der Waals surface area contributed by atoms with Gasteiger partial charge in [-0.1, -0.05) is 30.7 Å². The monoisotopic (exact) mass is 400 g/mol. The molecule has 0 saturated heterocycles. The highest BCUT2D eigenvalue weighted by Crippen LogP contribution is 2.10. The van der Waals surface area contributed by atoms with Crippen molar-refractivity contribution in [2.24, 2.45) is 4.99 Å². The summed E-state index contributed by atoms with van der Waals surface area (Å²) in [5.41, 5.74) is 1.18. The van der Waals surface area contributed by atoms with Crippen molar-refractivity contribution in [3.63, 3.8) is 0 Å². The molecule has 0 fully saturated rings. The molecule has 0 saturated carbocycles. The molecule has 0 spiro atoms. The predicted molar refractivity (Wildman–Crippen MR) is 110 cm³/mol. The van der Waals surface area contributed by atoms with E-state index in [1.54, 1.807) is 12.6 Å². The minimum absolute atomic E-state index is 0.479. The maximum atomic E-state index is 6.06. The molecule has 2 aromatic heterocycles. The van der Waals surface area contributed by atoms with Crippen LogP contribution in [-0.4, -0.2) is 33.8 Å². The Morgan fingerprint density at radius 2 is 2.11 bits per heavy atom. The number of aryl methyl sites for hydroxylation is 1. The summed E-state index contributed by atoms with van der Waals surface area (Å²) in [6.45, 7) is 4.78. The summed E-state index contributed by atoms with van der Waals surface area (Å²) >= 11 is 6.06. The van der Waals surface area contributed by atoms with Gasteiger partial charge in [-0.2, -0.15) is 0 Å². The number of rotatable bonds is 9. The first-order valence-electron chi connectivity index (χ1n) is 9.40. The van der Waals surface area contributed by atoms with Gasteiger partial charge in [-0.25, -0.2) is 4.99 Å². The molecule has 28 heavy (non-hydrogen) atoms. The Balaban J connectivity index is 1.54. The van der Waals surface area contributed by atoms with Crippen LogP contribution < -0.4 is 10.6 Å². The van der Waals surface area contributed by atoms with Crippen molar-refractivity contribution in [3.8, 4) is 0 Å². The Labute approximate surface area is 169 Å². The third-order valence-corrected chi connectivity index (χ3v) is 4.46. The van der Waals surface area contributed by atoms with E-state index in [-0.39, 0.29) is 0 Å². The Bertz CT molecular complexity index is 874. The lowest BCUT2D eigenvalue weighted by molar-refractivity contribution is 0.511. The second-order valence-electron chi connectivity index (χ2n) is 6.27. The first-order valence-corrected chi connectivity index (χ1v) is 9.78. The van der Waals surface area contributed by atoms with Gasteiger partial charge in [0.15, 0.2) is 5.96 Å². The number of benzene rings is 1. The van der Waals surface area contributed by atoms with Crippen molar-refractivity contribution in [1.29, 1.82) is 0 Å². The van der Waals surface area contributed by atoms with Crippen molar-refractivity contribution in [3.05, 3.63) is 71.2 Å². The van der Waals surface area contributed by atoms with Gasteiger partial charge >= 0.3 is 0 Å². The molecule has 0 amide bonds. The maximum Gasteiger partial charge on any atom is 0.191 e. The van der Waals surface area contributed by atoms with Gasteiger partial charge in [0, 0.05) is 31.1 Å². The summed E-state index contributed by atoms with van der Waals surface area (Å²) in [5.74, 6) is 2.54. The van der Waals surface area contributed by atoms with E-state index in [0.717, 1.165) is 48.5 Å². The van der Waals surface area contributed by atoms with Crippen molar-refractivity contribution in [2.45, 2.75) is 32.9 Å². The van der Waals surface area contributed by atoms with Gasteiger partial charge in [0.25, 0.3) is 0 Å². The number of hydrogen-bond donors (Lipinski definition) is 2. The molecule has 2 heterocycles. The van der Waals surface area contributed by atoms with E-state index in [9.17, 15) is 0 Å². The quantitative estimate of drug-likeness (QED) is 0.426. The van der Waals surface area contributed by atoms with Crippen LogP contribution in [0.25, 0.3) is 0 Å². The zero-order chi connectivity index (χ0) is 19.6. The molecule has 7 nitrogen and oxygen atoms in total. The predicted octanol–water partition coefficient (Wildman–Crippen LogP) is 3.07. The number of furan rings is 1. The van der Waals surface area contributed by atoms with E-state index in [4.69, 9.17) is 16.0 Å². The topological polar surface area (TPSA) is 80.3 Å². The lowest BCUT2D eigenvalue weighted by atomic mass is 10.1. The minimum atomic E-state index is 0.479. The molecule has 0 radical (unpaired) electrons. The molecular weight excluding hydrogens is 376 g/mol. The average molecular weight is 401 g/mol. The number of aromatic nitrogens is 3. The van der Waals surface area contributed by atoms with Crippen molar-refractivity contribution in [2.75, 3.05) is 13.1 Å². The van der Waals surface area contributed by atoms with Gasteiger partial charge < -0.3 is 19.6 Å². The van der Waals surface area contributed by atoms with Gasteiger partial charge in [0.2, 0.25) is 0 Å². The minimum Gasteiger partial charge on any atom is -0.467 e. The normalized spacial score (nSPS) is 11.6. The fourth-order valence-corrected chi connectivity index (χ4v) is 3.00. The van der Waals surface area contributed by atoms with E-state index < -0.39 is 0 Å². The van der Waals surface area contributed by atoms with Crippen LogP contribution in [0, 0.1) is 0 Å². The highest BCUT2D eigenvalue weighted by Gasteiger charge is 2.04. The molecular formula is C20H25ClN6O. The van der Waals surface area contributed by atoms with Crippen LogP contribution in [0.2, 0.25) is 5.02 Å². The van der Waals surface area contributed by atoms with Crippen LogP contribution in [0.3, 0.4) is 0 Å². The molecule has 3 aromatic rings. The Morgan fingerprint density at radius 1 is 1.21 bits per heavy atom. The smallest absolute Gasteiger partial charge is 0.191 e. The third kappa shape index (κ3) is 6.13. The number of hydrogen-bond acceptors (Lipinski definition) is 4. The van der Waals surface area contributed by atoms with Crippen molar-refractivity contribution in [1.82, 2.24) is 25.4 Å². The summed E-state index contributed by atoms with van der Waals surface area (Å²) < 4.78 is 7.41. The molecule has 148 valence electrons. The number of guanidine groups is 1. The van der Waals surface area contributed by atoms with Gasteiger partial charge in [-0.05, 0) is 36.2 Å². The molecule has 1 aromatic carbocycles. The van der Waals surface area contributed by atoms with Gasteiger partial charge in [0.1, 0.15) is 24.5 Å². The molecule has 0 unspecified atom stereocenters. The van der Waals surface area contributed by atoms with Gasteiger partial charge in [0.05, 0.1) is 6.26 Å². The fourth-order valence-electron chi connectivity index (χ4n) is 2.79. The number of halogens is 1. The zero-order valence-electron chi connectivity index (χ0n) is 15.9. The van der Waals surface area contributed by atoms with Crippen LogP contribution in [0.5, 0.6) is 0 Å². The van der Waals surface area contributed by atoms with Crippen molar-refractivity contribution < 1.29 is 4.42 Å². The first-order chi connectivity index (χ1) is 13.7. The Morgan fingerprint density at radius 3 is 2.89 bits per heavy atom. The van der Waals surface area contributed by atoms with Gasteiger partial charge in [-0.15, -0.1) is 10.2 Å². The summed E-state index contributed by atoms with van der Waals surface area (Å²) in [6.07, 6.45) is 5.13. The summed E-state index contributed by atoms with van der Waals surface area (Å²) in [6, 6.07) is 11.7. The Hall–Kier alpha value is -2.80. The number of nitrogens with one attached hydrogen (secondary N) is 2. The first kappa shape index (κ1) is 19.9. The SMILES string of the molecule is CCc1nncn1CCNC(=NCc1ccco1)NCCc1cccc(Cl)c1.